The third-order valence-corrected chi connectivity index (χ3v) is 4.00. The smallest absolute Gasteiger partial charge is 0.329 e. The summed E-state index contributed by atoms with van der Waals surface area (Å²) in [5.74, 6) is -1.63. The van der Waals surface area contributed by atoms with Crippen LogP contribution < -0.4 is 5.32 Å². The first-order chi connectivity index (χ1) is 10.1. The first kappa shape index (κ1) is 15.5. The number of aliphatic hydroxyl groups excluding tert-OH is 1. The quantitative estimate of drug-likeness (QED) is 0.773. The van der Waals surface area contributed by atoms with E-state index in [1.165, 1.54) is 0 Å². The normalized spacial score (nSPS) is 18.7. The Balaban J connectivity index is 2.05. The van der Waals surface area contributed by atoms with Gasteiger partial charge in [-0.05, 0) is 18.4 Å². The highest BCUT2D eigenvalue weighted by Gasteiger charge is 2.32. The van der Waals surface area contributed by atoms with Crippen molar-refractivity contribution in [2.75, 3.05) is 0 Å². The molecule has 1 saturated carbocycles. The SMILES string of the molecule is O=C(N[C@H](C(=O)O)C(O)c1ccccc1)C1CCCCC1. The molecule has 114 valence electrons. The van der Waals surface area contributed by atoms with Crippen LogP contribution in [-0.2, 0) is 9.59 Å². The maximum absolute atomic E-state index is 12.2. The van der Waals surface area contributed by atoms with E-state index in [-0.39, 0.29) is 11.8 Å². The molecule has 0 saturated heterocycles. The second-order valence-corrected chi connectivity index (χ2v) is 5.51. The number of benzene rings is 1. The van der Waals surface area contributed by atoms with Crippen molar-refractivity contribution in [2.45, 2.75) is 44.2 Å². The Labute approximate surface area is 124 Å². The number of aliphatic carboxylic acids is 1. The number of aliphatic hydroxyl groups is 1. The summed E-state index contributed by atoms with van der Waals surface area (Å²) in [4.78, 5) is 23.5. The first-order valence-corrected chi connectivity index (χ1v) is 7.36. The molecule has 1 aromatic carbocycles. The number of rotatable bonds is 5. The molecule has 5 nitrogen and oxygen atoms in total. The summed E-state index contributed by atoms with van der Waals surface area (Å²) < 4.78 is 0. The average molecular weight is 291 g/mol. The molecule has 1 amide bonds. The molecule has 0 aromatic heterocycles. The minimum Gasteiger partial charge on any atom is -0.480 e. The van der Waals surface area contributed by atoms with Gasteiger partial charge in [0.2, 0.25) is 5.91 Å². The van der Waals surface area contributed by atoms with E-state index in [0.717, 1.165) is 32.1 Å². The van der Waals surface area contributed by atoms with Gasteiger partial charge in [-0.1, -0.05) is 49.6 Å². The largest absolute Gasteiger partial charge is 0.480 e. The predicted octanol–water partition coefficient (Wildman–Crippen LogP) is 1.87. The molecule has 3 N–H and O–H groups in total. The molecular formula is C16H21NO4. The van der Waals surface area contributed by atoms with Crippen LogP contribution >= 0.6 is 0 Å². The molecule has 1 unspecified atom stereocenters. The lowest BCUT2D eigenvalue weighted by Gasteiger charge is -2.25. The van der Waals surface area contributed by atoms with Crippen LogP contribution in [-0.4, -0.2) is 28.1 Å². The second-order valence-electron chi connectivity index (χ2n) is 5.51. The Morgan fingerprint density at radius 3 is 2.29 bits per heavy atom. The second kappa shape index (κ2) is 7.22. The molecule has 0 bridgehead atoms. The zero-order chi connectivity index (χ0) is 15.2. The summed E-state index contributed by atoms with van der Waals surface area (Å²) >= 11 is 0. The Morgan fingerprint density at radius 2 is 1.71 bits per heavy atom. The average Bonchev–Trinajstić information content (AvgIpc) is 2.53. The van der Waals surface area contributed by atoms with Crippen LogP contribution in [0.3, 0.4) is 0 Å². The summed E-state index contributed by atoms with van der Waals surface area (Å²) in [6.07, 6.45) is 3.45. The number of carbonyl (C=O) groups is 2. The van der Waals surface area contributed by atoms with Crippen molar-refractivity contribution in [1.82, 2.24) is 5.32 Å². The van der Waals surface area contributed by atoms with Crippen molar-refractivity contribution >= 4 is 11.9 Å². The van der Waals surface area contributed by atoms with Crippen molar-refractivity contribution in [1.29, 1.82) is 0 Å². The Hall–Kier alpha value is -1.88. The maximum atomic E-state index is 12.2. The topological polar surface area (TPSA) is 86.6 Å². The molecule has 0 radical (unpaired) electrons. The summed E-state index contributed by atoms with van der Waals surface area (Å²) in [6, 6.07) is 7.20. The molecule has 1 aliphatic rings. The van der Waals surface area contributed by atoms with E-state index < -0.39 is 18.1 Å². The third-order valence-electron chi connectivity index (χ3n) is 4.00. The summed E-state index contributed by atoms with van der Waals surface area (Å²) in [5, 5.41) is 22.0. The zero-order valence-corrected chi connectivity index (χ0v) is 11.9. The van der Waals surface area contributed by atoms with Crippen LogP contribution in [0, 0.1) is 5.92 Å². The van der Waals surface area contributed by atoms with E-state index >= 15 is 0 Å². The molecule has 5 heteroatoms. The molecule has 21 heavy (non-hydrogen) atoms. The molecule has 0 heterocycles. The lowest BCUT2D eigenvalue weighted by molar-refractivity contribution is -0.146. The number of hydrogen-bond acceptors (Lipinski definition) is 3. The minimum absolute atomic E-state index is 0.136. The maximum Gasteiger partial charge on any atom is 0.329 e. The van der Waals surface area contributed by atoms with Gasteiger partial charge in [0.05, 0.1) is 0 Å². The number of nitrogens with one attached hydrogen (secondary N) is 1. The first-order valence-electron chi connectivity index (χ1n) is 7.36. The highest BCUT2D eigenvalue weighted by atomic mass is 16.4. The van der Waals surface area contributed by atoms with Crippen LogP contribution in [0.1, 0.15) is 43.8 Å². The predicted molar refractivity (Wildman–Crippen MR) is 77.5 cm³/mol. The van der Waals surface area contributed by atoms with Gasteiger partial charge in [0.15, 0.2) is 6.04 Å². The van der Waals surface area contributed by atoms with Gasteiger partial charge in [0, 0.05) is 5.92 Å². The number of carboxylic acids is 1. The fraction of sp³-hybridized carbons (Fsp3) is 0.500. The fourth-order valence-electron chi connectivity index (χ4n) is 2.75. The summed E-state index contributed by atoms with van der Waals surface area (Å²) in [5.41, 5.74) is 0.480. The number of hydrogen-bond donors (Lipinski definition) is 3. The van der Waals surface area contributed by atoms with E-state index in [9.17, 15) is 19.8 Å². The lowest BCUT2D eigenvalue weighted by atomic mass is 9.88. The molecule has 2 rings (SSSR count). The van der Waals surface area contributed by atoms with E-state index in [0.29, 0.717) is 5.56 Å². The van der Waals surface area contributed by atoms with Crippen molar-refractivity contribution in [3.8, 4) is 0 Å². The molecule has 0 aliphatic heterocycles. The van der Waals surface area contributed by atoms with Gasteiger partial charge >= 0.3 is 5.97 Å². The van der Waals surface area contributed by atoms with Crippen molar-refractivity contribution in [3.05, 3.63) is 35.9 Å². The van der Waals surface area contributed by atoms with Gasteiger partial charge in [0.25, 0.3) is 0 Å². The van der Waals surface area contributed by atoms with Gasteiger partial charge in [-0.25, -0.2) is 4.79 Å². The monoisotopic (exact) mass is 291 g/mol. The Kier molecular flexibility index (Phi) is 5.33. The van der Waals surface area contributed by atoms with Gasteiger partial charge < -0.3 is 15.5 Å². The molecule has 0 spiro atoms. The highest BCUT2D eigenvalue weighted by Crippen LogP contribution is 2.24. The summed E-state index contributed by atoms with van der Waals surface area (Å²) in [6.45, 7) is 0. The van der Waals surface area contributed by atoms with Gasteiger partial charge in [0.1, 0.15) is 6.10 Å². The minimum atomic E-state index is -1.32. The van der Waals surface area contributed by atoms with E-state index in [2.05, 4.69) is 5.32 Å². The Bertz CT molecular complexity index is 482. The van der Waals surface area contributed by atoms with E-state index in [1.807, 2.05) is 0 Å². The van der Waals surface area contributed by atoms with Crippen LogP contribution in [0.5, 0.6) is 0 Å². The standard InChI is InChI=1S/C16H21NO4/c18-14(11-7-3-1-4-8-11)13(16(20)21)17-15(19)12-9-5-2-6-10-12/h1,3-4,7-8,12-14,18H,2,5-6,9-10H2,(H,17,19)(H,20,21)/t13-,14?/m0/s1. The highest BCUT2D eigenvalue weighted by molar-refractivity contribution is 5.85. The summed E-state index contributed by atoms with van der Waals surface area (Å²) in [7, 11) is 0. The Morgan fingerprint density at radius 1 is 1.10 bits per heavy atom. The number of amides is 1. The zero-order valence-electron chi connectivity index (χ0n) is 11.9. The number of carboxylic acid groups (broad SMARTS) is 1. The molecule has 1 aliphatic carbocycles. The number of carbonyl (C=O) groups excluding carboxylic acids is 1. The van der Waals surface area contributed by atoms with Crippen LogP contribution in [0.4, 0.5) is 0 Å². The fourth-order valence-corrected chi connectivity index (χ4v) is 2.75. The van der Waals surface area contributed by atoms with Crippen molar-refractivity contribution in [3.63, 3.8) is 0 Å². The van der Waals surface area contributed by atoms with Crippen LogP contribution in [0.15, 0.2) is 30.3 Å². The van der Waals surface area contributed by atoms with Crippen LogP contribution in [0.25, 0.3) is 0 Å². The third kappa shape index (κ3) is 4.04. The van der Waals surface area contributed by atoms with Crippen molar-refractivity contribution < 1.29 is 19.8 Å². The van der Waals surface area contributed by atoms with Crippen molar-refractivity contribution in [2.24, 2.45) is 5.92 Å². The van der Waals surface area contributed by atoms with Gasteiger partial charge in [-0.2, -0.15) is 0 Å². The lowest BCUT2D eigenvalue weighted by Crippen LogP contribution is -2.47. The molecule has 2 atom stereocenters. The van der Waals surface area contributed by atoms with Gasteiger partial charge in [-0.3, -0.25) is 4.79 Å². The van der Waals surface area contributed by atoms with Crippen LogP contribution in [0.2, 0.25) is 0 Å². The molecule has 1 fully saturated rings. The van der Waals surface area contributed by atoms with E-state index in [4.69, 9.17) is 0 Å². The molecular weight excluding hydrogens is 270 g/mol. The molecule has 1 aromatic rings. The van der Waals surface area contributed by atoms with Gasteiger partial charge in [-0.15, -0.1) is 0 Å². The van der Waals surface area contributed by atoms with E-state index in [1.54, 1.807) is 30.3 Å².